The number of halogens is 1. The lowest BCUT2D eigenvalue weighted by Crippen LogP contribution is -2.02. The molecule has 0 radical (unpaired) electrons. The summed E-state index contributed by atoms with van der Waals surface area (Å²) < 4.78 is 23.7. The molecule has 0 amide bonds. The minimum atomic E-state index is -0.514. The van der Waals surface area contributed by atoms with Crippen molar-refractivity contribution in [2.45, 2.75) is 6.54 Å². The standard InChI is InChI=1S/C16H15FN2O2/c1-20-13-4-6-16(21-2)15(8-13)19-10-11-3-5-14(17)12(7-11)9-18/h3-8,19H,10H2,1-2H3. The van der Waals surface area contributed by atoms with Crippen molar-refractivity contribution in [2.75, 3.05) is 19.5 Å². The molecule has 2 aromatic carbocycles. The van der Waals surface area contributed by atoms with E-state index in [1.165, 1.54) is 12.1 Å². The number of ether oxygens (including phenoxy) is 2. The van der Waals surface area contributed by atoms with Crippen LogP contribution in [0, 0.1) is 17.1 Å². The van der Waals surface area contributed by atoms with Crippen LogP contribution in [0.15, 0.2) is 36.4 Å². The fourth-order valence-electron chi connectivity index (χ4n) is 1.92. The maximum Gasteiger partial charge on any atom is 0.142 e. The fraction of sp³-hybridized carbons (Fsp3) is 0.188. The molecule has 21 heavy (non-hydrogen) atoms. The van der Waals surface area contributed by atoms with Gasteiger partial charge in [-0.2, -0.15) is 5.26 Å². The zero-order valence-electron chi connectivity index (χ0n) is 11.8. The van der Waals surface area contributed by atoms with Crippen LogP contribution in [0.1, 0.15) is 11.1 Å². The number of hydrogen-bond donors (Lipinski definition) is 1. The maximum absolute atomic E-state index is 13.3. The first-order valence-electron chi connectivity index (χ1n) is 6.32. The molecule has 4 nitrogen and oxygen atoms in total. The van der Waals surface area contributed by atoms with Crippen LogP contribution in [0.5, 0.6) is 11.5 Å². The molecule has 0 spiro atoms. The summed E-state index contributed by atoms with van der Waals surface area (Å²) >= 11 is 0. The number of nitrogens with one attached hydrogen (secondary N) is 1. The molecule has 0 atom stereocenters. The maximum atomic E-state index is 13.3. The molecule has 0 aliphatic carbocycles. The predicted molar refractivity (Wildman–Crippen MR) is 78.0 cm³/mol. The molecule has 0 fully saturated rings. The first-order chi connectivity index (χ1) is 10.2. The Labute approximate surface area is 122 Å². The van der Waals surface area contributed by atoms with Gasteiger partial charge >= 0.3 is 0 Å². The summed E-state index contributed by atoms with van der Waals surface area (Å²) in [5.41, 5.74) is 1.60. The second-order valence-corrected chi connectivity index (χ2v) is 4.35. The van der Waals surface area contributed by atoms with Gasteiger partial charge in [0.05, 0.1) is 25.5 Å². The van der Waals surface area contributed by atoms with Crippen LogP contribution in [-0.4, -0.2) is 14.2 Å². The van der Waals surface area contributed by atoms with E-state index < -0.39 is 5.82 Å². The monoisotopic (exact) mass is 286 g/mol. The quantitative estimate of drug-likeness (QED) is 0.916. The van der Waals surface area contributed by atoms with Gasteiger partial charge in [-0.3, -0.25) is 0 Å². The topological polar surface area (TPSA) is 54.3 Å². The van der Waals surface area contributed by atoms with E-state index in [1.54, 1.807) is 32.4 Å². The summed E-state index contributed by atoms with van der Waals surface area (Å²) in [6.07, 6.45) is 0. The fourth-order valence-corrected chi connectivity index (χ4v) is 1.92. The van der Waals surface area contributed by atoms with Crippen molar-refractivity contribution in [2.24, 2.45) is 0 Å². The molecule has 0 aliphatic rings. The largest absolute Gasteiger partial charge is 0.497 e. The minimum Gasteiger partial charge on any atom is -0.497 e. The Bertz CT molecular complexity index is 680. The van der Waals surface area contributed by atoms with Crippen LogP contribution in [0.25, 0.3) is 0 Å². The van der Waals surface area contributed by atoms with Gasteiger partial charge in [0.25, 0.3) is 0 Å². The molecule has 1 N–H and O–H groups in total. The molecule has 2 rings (SSSR count). The van der Waals surface area contributed by atoms with Crippen LogP contribution in [-0.2, 0) is 6.54 Å². The molecule has 2 aromatic rings. The van der Waals surface area contributed by atoms with E-state index >= 15 is 0 Å². The van der Waals surface area contributed by atoms with Crippen LogP contribution < -0.4 is 14.8 Å². The molecule has 5 heteroatoms. The second kappa shape index (κ2) is 6.62. The summed E-state index contributed by atoms with van der Waals surface area (Å²) in [6, 6.07) is 11.7. The number of benzene rings is 2. The number of hydrogen-bond acceptors (Lipinski definition) is 4. The van der Waals surface area contributed by atoms with Gasteiger partial charge < -0.3 is 14.8 Å². The van der Waals surface area contributed by atoms with E-state index in [1.807, 2.05) is 12.1 Å². The first kappa shape index (κ1) is 14.7. The van der Waals surface area contributed by atoms with E-state index in [-0.39, 0.29) is 5.56 Å². The van der Waals surface area contributed by atoms with Crippen molar-refractivity contribution in [1.29, 1.82) is 5.26 Å². The van der Waals surface area contributed by atoms with Crippen molar-refractivity contribution in [3.05, 3.63) is 53.3 Å². The van der Waals surface area contributed by atoms with Gasteiger partial charge in [0.1, 0.15) is 23.4 Å². The van der Waals surface area contributed by atoms with Gasteiger partial charge in [0.15, 0.2) is 0 Å². The Morgan fingerprint density at radius 2 is 1.95 bits per heavy atom. The van der Waals surface area contributed by atoms with Crippen molar-refractivity contribution in [1.82, 2.24) is 0 Å². The van der Waals surface area contributed by atoms with Gasteiger partial charge in [-0.05, 0) is 29.8 Å². The molecule has 0 unspecified atom stereocenters. The molecular formula is C16H15FN2O2. The first-order valence-corrected chi connectivity index (χ1v) is 6.32. The zero-order chi connectivity index (χ0) is 15.2. The number of nitriles is 1. The van der Waals surface area contributed by atoms with E-state index in [0.717, 1.165) is 11.3 Å². The molecule has 0 saturated carbocycles. The molecule has 0 heterocycles. The average molecular weight is 286 g/mol. The van der Waals surface area contributed by atoms with Crippen molar-refractivity contribution in [3.8, 4) is 17.6 Å². The highest BCUT2D eigenvalue weighted by Crippen LogP contribution is 2.29. The average Bonchev–Trinajstić information content (AvgIpc) is 2.53. The number of methoxy groups -OCH3 is 2. The highest BCUT2D eigenvalue weighted by atomic mass is 19.1. The molecule has 0 bridgehead atoms. The predicted octanol–water partition coefficient (Wildman–Crippen LogP) is 3.33. The Balaban J connectivity index is 2.18. The SMILES string of the molecule is COc1ccc(OC)c(NCc2ccc(F)c(C#N)c2)c1. The normalized spacial score (nSPS) is 9.81. The van der Waals surface area contributed by atoms with Crippen LogP contribution >= 0.6 is 0 Å². The summed E-state index contributed by atoms with van der Waals surface area (Å²) in [4.78, 5) is 0. The Hall–Kier alpha value is -2.74. The highest BCUT2D eigenvalue weighted by molar-refractivity contribution is 5.60. The molecule has 0 saturated heterocycles. The van der Waals surface area contributed by atoms with E-state index in [2.05, 4.69) is 5.32 Å². The Kier molecular flexibility index (Phi) is 4.62. The highest BCUT2D eigenvalue weighted by Gasteiger charge is 2.06. The van der Waals surface area contributed by atoms with Gasteiger partial charge in [0.2, 0.25) is 0 Å². The number of anilines is 1. The van der Waals surface area contributed by atoms with E-state index in [4.69, 9.17) is 14.7 Å². The molecule has 0 aliphatic heterocycles. The summed E-state index contributed by atoms with van der Waals surface area (Å²) in [7, 11) is 3.17. The lowest BCUT2D eigenvalue weighted by Gasteiger charge is -2.13. The lowest BCUT2D eigenvalue weighted by atomic mass is 10.1. The van der Waals surface area contributed by atoms with Crippen molar-refractivity contribution in [3.63, 3.8) is 0 Å². The summed E-state index contributed by atoms with van der Waals surface area (Å²) in [5, 5.41) is 12.0. The molecular weight excluding hydrogens is 271 g/mol. The van der Waals surface area contributed by atoms with Gasteiger partial charge in [-0.25, -0.2) is 4.39 Å². The van der Waals surface area contributed by atoms with Crippen LogP contribution in [0.2, 0.25) is 0 Å². The van der Waals surface area contributed by atoms with Crippen LogP contribution in [0.3, 0.4) is 0 Å². The summed E-state index contributed by atoms with van der Waals surface area (Å²) in [5.74, 6) is 0.869. The van der Waals surface area contributed by atoms with Crippen molar-refractivity contribution >= 4 is 5.69 Å². The van der Waals surface area contributed by atoms with Crippen molar-refractivity contribution < 1.29 is 13.9 Å². The van der Waals surface area contributed by atoms with Gasteiger partial charge in [0, 0.05) is 12.6 Å². The van der Waals surface area contributed by atoms with Gasteiger partial charge in [-0.1, -0.05) is 6.07 Å². The third-order valence-electron chi connectivity index (χ3n) is 3.04. The van der Waals surface area contributed by atoms with E-state index in [0.29, 0.717) is 18.0 Å². The minimum absolute atomic E-state index is 0.0342. The third kappa shape index (κ3) is 3.42. The lowest BCUT2D eigenvalue weighted by molar-refractivity contribution is 0.404. The summed E-state index contributed by atoms with van der Waals surface area (Å²) in [6.45, 7) is 0.443. The third-order valence-corrected chi connectivity index (χ3v) is 3.04. The Morgan fingerprint density at radius 3 is 2.62 bits per heavy atom. The zero-order valence-corrected chi connectivity index (χ0v) is 11.8. The molecule has 108 valence electrons. The second-order valence-electron chi connectivity index (χ2n) is 4.35. The van der Waals surface area contributed by atoms with Crippen LogP contribution in [0.4, 0.5) is 10.1 Å². The smallest absolute Gasteiger partial charge is 0.142 e. The number of rotatable bonds is 5. The van der Waals surface area contributed by atoms with E-state index in [9.17, 15) is 4.39 Å². The van der Waals surface area contributed by atoms with Gasteiger partial charge in [-0.15, -0.1) is 0 Å². The molecule has 0 aromatic heterocycles. The Morgan fingerprint density at radius 1 is 1.14 bits per heavy atom. The number of nitrogens with zero attached hydrogens (tertiary/aromatic N) is 1.